The van der Waals surface area contributed by atoms with Crippen LogP contribution in [0.5, 0.6) is 0 Å². The zero-order chi connectivity index (χ0) is 13.1. The molecule has 2 nitrogen and oxygen atoms in total. The van der Waals surface area contributed by atoms with E-state index >= 15 is 0 Å². The normalized spacial score (nSPS) is 20.9. The summed E-state index contributed by atoms with van der Waals surface area (Å²) in [5.74, 6) is -1.71. The van der Waals surface area contributed by atoms with Gasteiger partial charge < -0.3 is 0 Å². The summed E-state index contributed by atoms with van der Waals surface area (Å²) in [4.78, 5) is 14.1. The molecule has 1 aliphatic rings. The zero-order valence-electron chi connectivity index (χ0n) is 10.5. The minimum absolute atomic E-state index is 0.0193. The van der Waals surface area contributed by atoms with E-state index in [0.29, 0.717) is 6.04 Å². The van der Waals surface area contributed by atoms with Gasteiger partial charge in [-0.3, -0.25) is 9.69 Å². The Morgan fingerprint density at radius 2 is 2.17 bits per heavy atom. The highest BCUT2D eigenvalue weighted by Crippen LogP contribution is 2.18. The van der Waals surface area contributed by atoms with E-state index in [-0.39, 0.29) is 17.9 Å². The average Bonchev–Trinajstić information content (AvgIpc) is 2.32. The van der Waals surface area contributed by atoms with E-state index in [0.717, 1.165) is 31.5 Å². The molecule has 1 aromatic rings. The van der Waals surface area contributed by atoms with Gasteiger partial charge in [0.05, 0.1) is 12.1 Å². The average molecular weight is 253 g/mol. The van der Waals surface area contributed by atoms with Gasteiger partial charge in [0.25, 0.3) is 0 Å². The molecule has 1 atom stereocenters. The monoisotopic (exact) mass is 253 g/mol. The van der Waals surface area contributed by atoms with Crippen molar-refractivity contribution in [3.8, 4) is 0 Å². The van der Waals surface area contributed by atoms with Crippen LogP contribution in [0, 0.1) is 11.6 Å². The number of rotatable bonds is 3. The number of hydrogen-bond acceptors (Lipinski definition) is 2. The molecule has 2 rings (SSSR count). The number of benzene rings is 1. The van der Waals surface area contributed by atoms with Gasteiger partial charge in [-0.2, -0.15) is 0 Å². The van der Waals surface area contributed by atoms with Crippen LogP contribution < -0.4 is 0 Å². The lowest BCUT2D eigenvalue weighted by atomic mass is 10.0. The molecule has 1 aromatic carbocycles. The summed E-state index contributed by atoms with van der Waals surface area (Å²) in [7, 11) is 0. The number of piperidine rings is 1. The Balaban J connectivity index is 2.07. The van der Waals surface area contributed by atoms with Gasteiger partial charge in [-0.25, -0.2) is 8.78 Å². The lowest BCUT2D eigenvalue weighted by molar-refractivity contribution is 0.0856. The van der Waals surface area contributed by atoms with Gasteiger partial charge in [-0.1, -0.05) is 6.42 Å². The van der Waals surface area contributed by atoms with Gasteiger partial charge >= 0.3 is 0 Å². The second kappa shape index (κ2) is 5.57. The number of carbonyl (C=O) groups excluding carboxylic acids is 1. The van der Waals surface area contributed by atoms with Crippen molar-refractivity contribution < 1.29 is 13.6 Å². The Hall–Kier alpha value is -1.29. The molecule has 0 bridgehead atoms. The number of ketones is 1. The molecular weight excluding hydrogens is 236 g/mol. The van der Waals surface area contributed by atoms with E-state index in [4.69, 9.17) is 0 Å². The SMILES string of the molecule is CC1CCCCN1CC(=O)c1ccc(F)cc1F. The van der Waals surface area contributed by atoms with Crippen molar-refractivity contribution in [2.45, 2.75) is 32.2 Å². The van der Waals surface area contributed by atoms with Crippen LogP contribution in [-0.4, -0.2) is 29.8 Å². The van der Waals surface area contributed by atoms with Gasteiger partial charge in [-0.05, 0) is 38.4 Å². The first kappa shape index (κ1) is 13.1. The van der Waals surface area contributed by atoms with Crippen molar-refractivity contribution in [2.75, 3.05) is 13.1 Å². The molecule has 0 amide bonds. The molecule has 0 aromatic heterocycles. The Labute approximate surface area is 106 Å². The maximum Gasteiger partial charge on any atom is 0.179 e. The first-order chi connectivity index (χ1) is 8.58. The molecule has 98 valence electrons. The smallest absolute Gasteiger partial charge is 0.179 e. The number of hydrogen-bond donors (Lipinski definition) is 0. The van der Waals surface area contributed by atoms with Crippen molar-refractivity contribution in [1.29, 1.82) is 0 Å². The van der Waals surface area contributed by atoms with E-state index in [9.17, 15) is 13.6 Å². The third-order valence-electron chi connectivity index (χ3n) is 3.52. The van der Waals surface area contributed by atoms with Crippen molar-refractivity contribution in [2.24, 2.45) is 0 Å². The zero-order valence-corrected chi connectivity index (χ0v) is 10.5. The Bertz CT molecular complexity index is 447. The molecule has 1 fully saturated rings. The largest absolute Gasteiger partial charge is 0.293 e. The fourth-order valence-corrected chi connectivity index (χ4v) is 2.38. The van der Waals surface area contributed by atoms with Crippen LogP contribution in [-0.2, 0) is 0 Å². The van der Waals surface area contributed by atoms with Gasteiger partial charge in [0, 0.05) is 12.1 Å². The second-order valence-corrected chi connectivity index (χ2v) is 4.86. The second-order valence-electron chi connectivity index (χ2n) is 4.86. The molecule has 18 heavy (non-hydrogen) atoms. The Morgan fingerprint density at radius 3 is 2.83 bits per heavy atom. The molecule has 0 spiro atoms. The number of nitrogens with zero attached hydrogens (tertiary/aromatic N) is 1. The molecule has 1 saturated heterocycles. The number of likely N-dealkylation sites (tertiary alicyclic amines) is 1. The number of halogens is 2. The van der Waals surface area contributed by atoms with Crippen LogP contribution >= 0.6 is 0 Å². The van der Waals surface area contributed by atoms with Crippen LogP contribution in [0.25, 0.3) is 0 Å². The maximum atomic E-state index is 13.5. The highest BCUT2D eigenvalue weighted by molar-refractivity contribution is 5.97. The lowest BCUT2D eigenvalue weighted by Crippen LogP contribution is -2.40. The first-order valence-corrected chi connectivity index (χ1v) is 6.30. The quantitative estimate of drug-likeness (QED) is 0.772. The summed E-state index contributed by atoms with van der Waals surface area (Å²) in [6.07, 6.45) is 3.32. The summed E-state index contributed by atoms with van der Waals surface area (Å²) in [5, 5.41) is 0. The molecular formula is C14H17F2NO. The summed E-state index contributed by atoms with van der Waals surface area (Å²) in [6, 6.07) is 3.45. The molecule has 1 heterocycles. The summed E-state index contributed by atoms with van der Waals surface area (Å²) in [6.45, 7) is 3.16. The molecule has 1 aliphatic heterocycles. The highest BCUT2D eigenvalue weighted by Gasteiger charge is 2.22. The molecule has 0 aliphatic carbocycles. The predicted octanol–water partition coefficient (Wildman–Crippen LogP) is 3.02. The van der Waals surface area contributed by atoms with Crippen LogP contribution in [0.1, 0.15) is 36.5 Å². The van der Waals surface area contributed by atoms with Crippen molar-refractivity contribution >= 4 is 5.78 Å². The third kappa shape index (κ3) is 2.93. The Morgan fingerprint density at radius 1 is 1.39 bits per heavy atom. The molecule has 0 saturated carbocycles. The van der Waals surface area contributed by atoms with Gasteiger partial charge in [-0.15, -0.1) is 0 Å². The molecule has 4 heteroatoms. The molecule has 1 unspecified atom stereocenters. The molecule has 0 N–H and O–H groups in total. The van der Waals surface area contributed by atoms with Crippen molar-refractivity contribution in [1.82, 2.24) is 4.90 Å². The van der Waals surface area contributed by atoms with Gasteiger partial charge in [0.1, 0.15) is 11.6 Å². The minimum Gasteiger partial charge on any atom is -0.293 e. The van der Waals surface area contributed by atoms with Crippen molar-refractivity contribution in [3.05, 3.63) is 35.4 Å². The molecule has 0 radical (unpaired) electrons. The topological polar surface area (TPSA) is 20.3 Å². The minimum atomic E-state index is -0.773. The van der Waals surface area contributed by atoms with E-state index in [1.165, 1.54) is 12.5 Å². The number of Topliss-reactive ketones (excluding diaryl/α,β-unsaturated/α-hetero) is 1. The van der Waals surface area contributed by atoms with Gasteiger partial charge in [0.2, 0.25) is 0 Å². The first-order valence-electron chi connectivity index (χ1n) is 6.30. The van der Waals surface area contributed by atoms with Gasteiger partial charge in [0.15, 0.2) is 5.78 Å². The fraction of sp³-hybridized carbons (Fsp3) is 0.500. The van der Waals surface area contributed by atoms with Crippen LogP contribution in [0.4, 0.5) is 8.78 Å². The lowest BCUT2D eigenvalue weighted by Gasteiger charge is -2.32. The van der Waals surface area contributed by atoms with Crippen LogP contribution in [0.3, 0.4) is 0 Å². The summed E-state index contributed by atoms with van der Waals surface area (Å²) in [5.41, 5.74) is -0.0193. The summed E-state index contributed by atoms with van der Waals surface area (Å²) >= 11 is 0. The van der Waals surface area contributed by atoms with E-state index in [1.807, 2.05) is 0 Å². The van der Waals surface area contributed by atoms with Crippen LogP contribution in [0.15, 0.2) is 18.2 Å². The third-order valence-corrected chi connectivity index (χ3v) is 3.52. The Kier molecular flexibility index (Phi) is 4.07. The van der Waals surface area contributed by atoms with E-state index in [1.54, 1.807) is 0 Å². The summed E-state index contributed by atoms with van der Waals surface area (Å²) < 4.78 is 26.2. The van der Waals surface area contributed by atoms with Crippen LogP contribution in [0.2, 0.25) is 0 Å². The van der Waals surface area contributed by atoms with Crippen molar-refractivity contribution in [3.63, 3.8) is 0 Å². The van der Waals surface area contributed by atoms with E-state index < -0.39 is 11.6 Å². The fourth-order valence-electron chi connectivity index (χ4n) is 2.38. The highest BCUT2D eigenvalue weighted by atomic mass is 19.1. The predicted molar refractivity (Wildman–Crippen MR) is 65.6 cm³/mol. The maximum absolute atomic E-state index is 13.5. The standard InChI is InChI=1S/C14H17F2NO/c1-10-4-2-3-7-17(10)9-14(18)12-6-5-11(15)8-13(12)16/h5-6,8,10H,2-4,7,9H2,1H3. The van der Waals surface area contributed by atoms with E-state index in [2.05, 4.69) is 11.8 Å². The number of carbonyl (C=O) groups is 1.